The van der Waals surface area contributed by atoms with Gasteiger partial charge in [0, 0.05) is 31.7 Å². The molecule has 1 aliphatic rings. The van der Waals surface area contributed by atoms with Crippen molar-refractivity contribution in [2.45, 2.75) is 33.2 Å². The predicted molar refractivity (Wildman–Crippen MR) is 137 cm³/mol. The number of hydrogen-bond donors (Lipinski definition) is 1. The standard InChI is InChI=1S/C27H32ClN3O4/c1-3-5-14-34-23-11-10-21(17-22(23)28)26-24(25(30-35-26)27(32)29-4-2)20-8-6-19(7-9-20)18-31-12-15-33-16-13-31/h6-11,17H,3-5,12-16,18H2,1-2H3,(H,29,32). The molecule has 7 nitrogen and oxygen atoms in total. The molecular formula is C27H32ClN3O4. The zero-order chi connectivity index (χ0) is 24.6. The van der Waals surface area contributed by atoms with Gasteiger partial charge < -0.3 is 19.3 Å². The number of unbranched alkanes of at least 4 members (excludes halogenated alkanes) is 1. The number of nitrogens with one attached hydrogen (secondary N) is 1. The number of morpholine rings is 1. The highest BCUT2D eigenvalue weighted by atomic mass is 35.5. The quantitative estimate of drug-likeness (QED) is 0.377. The Morgan fingerprint density at radius 1 is 1.11 bits per heavy atom. The highest BCUT2D eigenvalue weighted by Gasteiger charge is 2.25. The third-order valence-electron chi connectivity index (χ3n) is 5.95. The van der Waals surface area contributed by atoms with E-state index in [1.807, 2.05) is 31.2 Å². The van der Waals surface area contributed by atoms with Crippen LogP contribution in [0.2, 0.25) is 5.02 Å². The van der Waals surface area contributed by atoms with Gasteiger partial charge in [-0.3, -0.25) is 9.69 Å². The van der Waals surface area contributed by atoms with E-state index in [4.69, 9.17) is 25.6 Å². The van der Waals surface area contributed by atoms with Crippen molar-refractivity contribution in [3.05, 3.63) is 58.7 Å². The molecule has 0 atom stereocenters. The van der Waals surface area contributed by atoms with Gasteiger partial charge in [0.25, 0.3) is 5.91 Å². The molecule has 1 saturated heterocycles. The van der Waals surface area contributed by atoms with E-state index in [-0.39, 0.29) is 11.6 Å². The van der Waals surface area contributed by atoms with Gasteiger partial charge in [-0.2, -0.15) is 0 Å². The minimum absolute atomic E-state index is 0.252. The highest BCUT2D eigenvalue weighted by molar-refractivity contribution is 6.32. The first-order valence-corrected chi connectivity index (χ1v) is 12.6. The van der Waals surface area contributed by atoms with Crippen molar-refractivity contribution in [1.82, 2.24) is 15.4 Å². The minimum Gasteiger partial charge on any atom is -0.492 e. The van der Waals surface area contributed by atoms with Crippen LogP contribution in [0, 0.1) is 0 Å². The van der Waals surface area contributed by atoms with Gasteiger partial charge in [0.15, 0.2) is 11.5 Å². The average molecular weight is 498 g/mol. The molecule has 3 aromatic rings. The molecule has 1 aliphatic heterocycles. The molecule has 1 N–H and O–H groups in total. The monoisotopic (exact) mass is 497 g/mol. The number of benzene rings is 2. The van der Waals surface area contributed by atoms with Crippen molar-refractivity contribution in [2.24, 2.45) is 0 Å². The van der Waals surface area contributed by atoms with E-state index in [0.717, 1.165) is 56.8 Å². The van der Waals surface area contributed by atoms with Crippen molar-refractivity contribution >= 4 is 17.5 Å². The summed E-state index contributed by atoms with van der Waals surface area (Å²) in [4.78, 5) is 15.2. The first-order valence-electron chi connectivity index (χ1n) is 12.2. The molecule has 1 fully saturated rings. The summed E-state index contributed by atoms with van der Waals surface area (Å²) in [5, 5.41) is 7.45. The Morgan fingerprint density at radius 3 is 2.54 bits per heavy atom. The Kier molecular flexibility index (Phi) is 8.79. The molecule has 0 aliphatic carbocycles. The van der Waals surface area contributed by atoms with Crippen LogP contribution in [-0.4, -0.2) is 55.4 Å². The summed E-state index contributed by atoms with van der Waals surface area (Å²) in [6.45, 7) is 9.34. The molecule has 0 bridgehead atoms. The number of halogens is 1. The lowest BCUT2D eigenvalue weighted by atomic mass is 9.98. The van der Waals surface area contributed by atoms with Gasteiger partial charge in [0.2, 0.25) is 0 Å². The second kappa shape index (κ2) is 12.2. The van der Waals surface area contributed by atoms with Crippen molar-refractivity contribution in [3.8, 4) is 28.2 Å². The maximum Gasteiger partial charge on any atom is 0.274 e. The van der Waals surface area contributed by atoms with Crippen LogP contribution in [0.15, 0.2) is 47.0 Å². The lowest BCUT2D eigenvalue weighted by molar-refractivity contribution is 0.0342. The molecule has 35 heavy (non-hydrogen) atoms. The first-order chi connectivity index (χ1) is 17.1. The van der Waals surface area contributed by atoms with Crippen LogP contribution in [0.5, 0.6) is 5.75 Å². The van der Waals surface area contributed by atoms with Crippen molar-refractivity contribution in [3.63, 3.8) is 0 Å². The molecule has 2 aromatic carbocycles. The van der Waals surface area contributed by atoms with E-state index < -0.39 is 0 Å². The van der Waals surface area contributed by atoms with Crippen LogP contribution in [0.25, 0.3) is 22.5 Å². The summed E-state index contributed by atoms with van der Waals surface area (Å²) >= 11 is 6.51. The van der Waals surface area contributed by atoms with E-state index >= 15 is 0 Å². The van der Waals surface area contributed by atoms with E-state index in [9.17, 15) is 4.79 Å². The number of carbonyl (C=O) groups is 1. The molecule has 0 radical (unpaired) electrons. The summed E-state index contributed by atoms with van der Waals surface area (Å²) in [6.07, 6.45) is 2.01. The maximum atomic E-state index is 12.8. The summed E-state index contributed by atoms with van der Waals surface area (Å²) in [5.74, 6) is 0.844. The van der Waals surface area contributed by atoms with Crippen molar-refractivity contribution < 1.29 is 18.8 Å². The number of hydrogen-bond acceptors (Lipinski definition) is 6. The van der Waals surface area contributed by atoms with Gasteiger partial charge in [-0.05, 0) is 42.7 Å². The fourth-order valence-electron chi connectivity index (χ4n) is 4.03. The first kappa shape index (κ1) is 25.2. The average Bonchev–Trinajstić information content (AvgIpc) is 3.32. The highest BCUT2D eigenvalue weighted by Crippen LogP contribution is 2.38. The van der Waals surface area contributed by atoms with Gasteiger partial charge in [-0.1, -0.05) is 54.4 Å². The van der Waals surface area contributed by atoms with E-state index in [1.165, 1.54) is 5.56 Å². The van der Waals surface area contributed by atoms with Crippen LogP contribution in [0.1, 0.15) is 42.7 Å². The Labute approximate surface area is 211 Å². The molecule has 0 unspecified atom stereocenters. The SMILES string of the molecule is CCCCOc1ccc(-c2onc(C(=O)NCC)c2-c2ccc(CN3CCOCC3)cc2)cc1Cl. The summed E-state index contributed by atoms with van der Waals surface area (Å²) in [7, 11) is 0. The third kappa shape index (κ3) is 6.23. The van der Waals surface area contributed by atoms with Gasteiger partial charge in [-0.15, -0.1) is 0 Å². The second-order valence-corrected chi connectivity index (χ2v) is 8.93. The van der Waals surface area contributed by atoms with Crippen LogP contribution in [0.3, 0.4) is 0 Å². The Bertz CT molecular complexity index is 1120. The second-order valence-electron chi connectivity index (χ2n) is 8.53. The van der Waals surface area contributed by atoms with Gasteiger partial charge in [-0.25, -0.2) is 0 Å². The topological polar surface area (TPSA) is 76.8 Å². The van der Waals surface area contributed by atoms with Crippen molar-refractivity contribution in [1.29, 1.82) is 0 Å². The third-order valence-corrected chi connectivity index (χ3v) is 6.24. The molecule has 186 valence electrons. The fraction of sp³-hybridized carbons (Fsp3) is 0.407. The number of aromatic nitrogens is 1. The normalized spacial score (nSPS) is 14.1. The number of amides is 1. The molecule has 2 heterocycles. The molecule has 1 amide bonds. The molecule has 4 rings (SSSR count). The van der Waals surface area contributed by atoms with Crippen LogP contribution < -0.4 is 10.1 Å². The number of ether oxygens (including phenoxy) is 2. The van der Waals surface area contributed by atoms with Gasteiger partial charge in [0.1, 0.15) is 5.75 Å². The Hall–Kier alpha value is -2.87. The Morgan fingerprint density at radius 2 is 1.86 bits per heavy atom. The molecule has 0 saturated carbocycles. The van der Waals surface area contributed by atoms with E-state index in [0.29, 0.717) is 35.2 Å². The summed E-state index contributed by atoms with van der Waals surface area (Å²) in [5.41, 5.74) is 3.68. The lowest BCUT2D eigenvalue weighted by Crippen LogP contribution is -2.35. The Balaban J connectivity index is 1.64. The van der Waals surface area contributed by atoms with Crippen LogP contribution in [0.4, 0.5) is 0 Å². The van der Waals surface area contributed by atoms with Crippen LogP contribution >= 0.6 is 11.6 Å². The molecule has 0 spiro atoms. The van der Waals surface area contributed by atoms with Gasteiger partial charge >= 0.3 is 0 Å². The minimum atomic E-state index is -0.277. The summed E-state index contributed by atoms with van der Waals surface area (Å²) < 4.78 is 16.9. The zero-order valence-electron chi connectivity index (χ0n) is 20.3. The number of nitrogens with zero attached hydrogens (tertiary/aromatic N) is 2. The number of rotatable bonds is 10. The molecule has 8 heteroatoms. The summed E-state index contributed by atoms with van der Waals surface area (Å²) in [6, 6.07) is 13.7. The molecular weight excluding hydrogens is 466 g/mol. The zero-order valence-corrected chi connectivity index (χ0v) is 21.1. The molecule has 1 aromatic heterocycles. The van der Waals surface area contributed by atoms with Crippen LogP contribution in [-0.2, 0) is 11.3 Å². The smallest absolute Gasteiger partial charge is 0.274 e. The largest absolute Gasteiger partial charge is 0.492 e. The van der Waals surface area contributed by atoms with E-state index in [2.05, 4.69) is 34.4 Å². The maximum absolute atomic E-state index is 12.8. The lowest BCUT2D eigenvalue weighted by Gasteiger charge is -2.26. The number of carbonyl (C=O) groups excluding carboxylic acids is 1. The predicted octanol–water partition coefficient (Wildman–Crippen LogP) is 5.42. The van der Waals surface area contributed by atoms with Gasteiger partial charge in [0.05, 0.1) is 30.4 Å². The van der Waals surface area contributed by atoms with Crippen molar-refractivity contribution in [2.75, 3.05) is 39.5 Å². The van der Waals surface area contributed by atoms with E-state index in [1.54, 1.807) is 6.07 Å². The fourth-order valence-corrected chi connectivity index (χ4v) is 4.27.